The number of nitrogens with one attached hydrogen (secondary N) is 1. The Balaban J connectivity index is 1.69. The molecule has 2 aromatic rings. The van der Waals surface area contributed by atoms with E-state index in [1.54, 1.807) is 7.11 Å². The van der Waals surface area contributed by atoms with Crippen LogP contribution in [0, 0.1) is 11.8 Å². The van der Waals surface area contributed by atoms with Gasteiger partial charge in [-0.3, -0.25) is 0 Å². The highest BCUT2D eigenvalue weighted by Crippen LogP contribution is 2.60. The van der Waals surface area contributed by atoms with Crippen molar-refractivity contribution in [1.82, 2.24) is 9.97 Å². The molecule has 2 atom stereocenters. The maximum absolute atomic E-state index is 5.25. The van der Waals surface area contributed by atoms with Crippen LogP contribution < -0.4 is 4.74 Å². The van der Waals surface area contributed by atoms with E-state index in [9.17, 15) is 0 Å². The number of fused-ring (bicyclic) bond motifs is 2. The average molecular weight is 242 g/mol. The predicted molar refractivity (Wildman–Crippen MR) is 70.8 cm³/mol. The van der Waals surface area contributed by atoms with E-state index in [1.807, 2.05) is 18.2 Å². The fourth-order valence-corrected chi connectivity index (χ4v) is 3.69. The molecule has 2 aliphatic carbocycles. The predicted octanol–water partition coefficient (Wildman–Crippen LogP) is 3.48. The molecule has 1 aromatic carbocycles. The summed E-state index contributed by atoms with van der Waals surface area (Å²) in [6.07, 6.45) is 5.61. The van der Waals surface area contributed by atoms with Gasteiger partial charge in [0.25, 0.3) is 0 Å². The van der Waals surface area contributed by atoms with Gasteiger partial charge in [0.15, 0.2) is 0 Å². The molecule has 1 aromatic heterocycles. The zero-order valence-corrected chi connectivity index (χ0v) is 10.6. The van der Waals surface area contributed by atoms with Gasteiger partial charge in [-0.15, -0.1) is 0 Å². The molecule has 0 radical (unpaired) electrons. The van der Waals surface area contributed by atoms with E-state index in [-0.39, 0.29) is 0 Å². The van der Waals surface area contributed by atoms with Gasteiger partial charge < -0.3 is 9.72 Å². The minimum absolute atomic E-state index is 0.700. The number of rotatable bonds is 2. The number of hydrogen-bond donors (Lipinski definition) is 1. The molecule has 0 amide bonds. The van der Waals surface area contributed by atoms with Crippen LogP contribution in [-0.2, 0) is 0 Å². The van der Waals surface area contributed by atoms with Crippen LogP contribution in [0.5, 0.6) is 5.75 Å². The summed E-state index contributed by atoms with van der Waals surface area (Å²) >= 11 is 0. The standard InChI is InChI=1S/C15H18N2O/c1-18-9-6-7-12-13(8-9)17-15(16-12)14-10-4-2-3-5-11(10)14/h6-8,10-11,14H,2-5H2,1H3,(H,16,17). The Hall–Kier alpha value is -1.51. The van der Waals surface area contributed by atoms with Gasteiger partial charge in [0, 0.05) is 12.0 Å². The number of aromatic amines is 1. The second-order valence-electron chi connectivity index (χ2n) is 5.64. The summed E-state index contributed by atoms with van der Waals surface area (Å²) < 4.78 is 5.25. The highest BCUT2D eigenvalue weighted by Gasteiger charge is 2.52. The fourth-order valence-electron chi connectivity index (χ4n) is 3.69. The molecule has 0 aliphatic heterocycles. The van der Waals surface area contributed by atoms with Crippen molar-refractivity contribution < 1.29 is 4.74 Å². The molecular formula is C15H18N2O. The lowest BCUT2D eigenvalue weighted by Crippen LogP contribution is -1.91. The van der Waals surface area contributed by atoms with E-state index in [4.69, 9.17) is 9.72 Å². The van der Waals surface area contributed by atoms with E-state index in [0.717, 1.165) is 28.6 Å². The Labute approximate surface area is 107 Å². The number of aromatic nitrogens is 2. The van der Waals surface area contributed by atoms with Gasteiger partial charge in [-0.05, 0) is 36.8 Å². The molecule has 3 nitrogen and oxygen atoms in total. The second kappa shape index (κ2) is 3.74. The molecule has 2 saturated carbocycles. The van der Waals surface area contributed by atoms with Gasteiger partial charge in [-0.2, -0.15) is 0 Å². The van der Waals surface area contributed by atoms with Crippen molar-refractivity contribution in [1.29, 1.82) is 0 Å². The molecule has 2 aliphatic rings. The third-order valence-electron chi connectivity index (χ3n) is 4.68. The lowest BCUT2D eigenvalue weighted by Gasteiger charge is -2.04. The summed E-state index contributed by atoms with van der Waals surface area (Å²) in [7, 11) is 1.70. The molecule has 3 heteroatoms. The average Bonchev–Trinajstić information content (AvgIpc) is 3.00. The number of H-pyrrole nitrogens is 1. The van der Waals surface area contributed by atoms with Crippen molar-refractivity contribution in [2.75, 3.05) is 7.11 Å². The van der Waals surface area contributed by atoms with E-state index in [2.05, 4.69) is 4.98 Å². The molecule has 0 bridgehead atoms. The van der Waals surface area contributed by atoms with Crippen LogP contribution in [0.2, 0.25) is 0 Å². The zero-order chi connectivity index (χ0) is 12.1. The summed E-state index contributed by atoms with van der Waals surface area (Å²) in [5.74, 6) is 4.61. The normalized spacial score (nSPS) is 30.2. The largest absolute Gasteiger partial charge is 0.497 e. The van der Waals surface area contributed by atoms with Crippen molar-refractivity contribution in [3.05, 3.63) is 24.0 Å². The number of hydrogen-bond acceptors (Lipinski definition) is 2. The van der Waals surface area contributed by atoms with Crippen LogP contribution in [0.15, 0.2) is 18.2 Å². The van der Waals surface area contributed by atoms with Gasteiger partial charge in [-0.1, -0.05) is 12.8 Å². The van der Waals surface area contributed by atoms with Crippen LogP contribution in [0.1, 0.15) is 37.4 Å². The Kier molecular flexibility index (Phi) is 2.16. The van der Waals surface area contributed by atoms with Crippen molar-refractivity contribution >= 4 is 11.0 Å². The number of imidazole rings is 1. The maximum atomic E-state index is 5.25. The lowest BCUT2D eigenvalue weighted by molar-refractivity contribution is 0.415. The van der Waals surface area contributed by atoms with Crippen molar-refractivity contribution in [2.45, 2.75) is 31.6 Å². The monoisotopic (exact) mass is 242 g/mol. The third-order valence-corrected chi connectivity index (χ3v) is 4.68. The van der Waals surface area contributed by atoms with Crippen LogP contribution in [0.4, 0.5) is 0 Å². The smallest absolute Gasteiger partial charge is 0.121 e. The summed E-state index contributed by atoms with van der Waals surface area (Å²) in [5.41, 5.74) is 2.17. The topological polar surface area (TPSA) is 37.9 Å². The number of nitrogens with zero attached hydrogens (tertiary/aromatic N) is 1. The third kappa shape index (κ3) is 1.46. The molecule has 0 saturated heterocycles. The Bertz CT molecular complexity index is 577. The molecule has 2 fully saturated rings. The minimum Gasteiger partial charge on any atom is -0.497 e. The highest BCUT2D eigenvalue weighted by molar-refractivity contribution is 5.77. The van der Waals surface area contributed by atoms with Crippen LogP contribution in [-0.4, -0.2) is 17.1 Å². The lowest BCUT2D eigenvalue weighted by atomic mass is 10.0. The van der Waals surface area contributed by atoms with E-state index in [0.29, 0.717) is 5.92 Å². The SMILES string of the molecule is COc1ccc2nc(C3C4CCCCC43)[nH]c2c1. The Morgan fingerprint density at radius 2 is 2.00 bits per heavy atom. The molecule has 1 N–H and O–H groups in total. The quantitative estimate of drug-likeness (QED) is 0.875. The first-order valence-electron chi connectivity index (χ1n) is 6.90. The van der Waals surface area contributed by atoms with Crippen LogP contribution in [0.25, 0.3) is 11.0 Å². The van der Waals surface area contributed by atoms with Crippen molar-refractivity contribution in [3.63, 3.8) is 0 Å². The first kappa shape index (κ1) is 10.4. The highest BCUT2D eigenvalue weighted by atomic mass is 16.5. The Morgan fingerprint density at radius 3 is 2.72 bits per heavy atom. The summed E-state index contributed by atoms with van der Waals surface area (Å²) in [6.45, 7) is 0. The Morgan fingerprint density at radius 1 is 1.22 bits per heavy atom. The van der Waals surface area contributed by atoms with Gasteiger partial charge in [-0.25, -0.2) is 4.98 Å². The van der Waals surface area contributed by atoms with Crippen molar-refractivity contribution in [3.8, 4) is 5.75 Å². The number of benzene rings is 1. The summed E-state index contributed by atoms with van der Waals surface area (Å²) in [6, 6.07) is 6.06. The molecular weight excluding hydrogens is 224 g/mol. The first-order chi connectivity index (χ1) is 8.86. The molecule has 94 valence electrons. The van der Waals surface area contributed by atoms with Gasteiger partial charge in [0.05, 0.1) is 18.1 Å². The number of ether oxygens (including phenoxy) is 1. The molecule has 4 rings (SSSR count). The van der Waals surface area contributed by atoms with E-state index >= 15 is 0 Å². The summed E-state index contributed by atoms with van der Waals surface area (Å²) in [4.78, 5) is 8.26. The molecule has 0 spiro atoms. The van der Waals surface area contributed by atoms with E-state index in [1.165, 1.54) is 31.5 Å². The second-order valence-corrected chi connectivity index (χ2v) is 5.64. The number of methoxy groups -OCH3 is 1. The van der Waals surface area contributed by atoms with E-state index < -0.39 is 0 Å². The summed E-state index contributed by atoms with van der Waals surface area (Å²) in [5, 5.41) is 0. The zero-order valence-electron chi connectivity index (χ0n) is 10.6. The maximum Gasteiger partial charge on any atom is 0.121 e. The van der Waals surface area contributed by atoms with Gasteiger partial charge in [0.1, 0.15) is 11.6 Å². The first-order valence-corrected chi connectivity index (χ1v) is 6.90. The molecule has 2 unspecified atom stereocenters. The fraction of sp³-hybridized carbons (Fsp3) is 0.533. The van der Waals surface area contributed by atoms with Crippen molar-refractivity contribution in [2.24, 2.45) is 11.8 Å². The molecule has 1 heterocycles. The van der Waals surface area contributed by atoms with Gasteiger partial charge >= 0.3 is 0 Å². The van der Waals surface area contributed by atoms with Gasteiger partial charge in [0.2, 0.25) is 0 Å². The molecule has 18 heavy (non-hydrogen) atoms. The van der Waals surface area contributed by atoms with Crippen LogP contribution >= 0.6 is 0 Å². The minimum atomic E-state index is 0.700. The van der Waals surface area contributed by atoms with Crippen LogP contribution in [0.3, 0.4) is 0 Å².